The second-order valence-corrected chi connectivity index (χ2v) is 7.32. The van der Waals surface area contributed by atoms with E-state index in [2.05, 4.69) is 10.3 Å². The van der Waals surface area contributed by atoms with Crippen molar-refractivity contribution in [3.05, 3.63) is 74.6 Å². The number of hydrogen-bond acceptors (Lipinski definition) is 8. The van der Waals surface area contributed by atoms with E-state index in [-0.39, 0.29) is 28.6 Å². The first-order valence-corrected chi connectivity index (χ1v) is 9.97. The molecule has 3 rings (SSSR count). The van der Waals surface area contributed by atoms with E-state index in [1.807, 2.05) is 6.07 Å². The molecule has 0 fully saturated rings. The molecule has 0 saturated carbocycles. The normalized spacial score (nSPS) is 10.4. The molecule has 0 spiro atoms. The number of ether oxygens (including phenoxy) is 1. The van der Waals surface area contributed by atoms with Crippen molar-refractivity contribution in [2.24, 2.45) is 0 Å². The summed E-state index contributed by atoms with van der Waals surface area (Å²) in [4.78, 5) is 52.0. The highest BCUT2D eigenvalue weighted by molar-refractivity contribution is 7.18. The van der Waals surface area contributed by atoms with Crippen molar-refractivity contribution >= 4 is 39.8 Å². The number of nitrogens with zero attached hydrogens (tertiary/aromatic N) is 2. The first-order chi connectivity index (χ1) is 14.8. The van der Waals surface area contributed by atoms with Gasteiger partial charge in [0.15, 0.2) is 10.9 Å². The lowest BCUT2D eigenvalue weighted by Gasteiger charge is -2.06. The quantitative estimate of drug-likeness (QED) is 0.251. The number of non-ortho nitro benzene ring substituents is 1. The van der Waals surface area contributed by atoms with Crippen LogP contribution in [0, 0.1) is 10.1 Å². The number of carbonyl (C=O) groups is 3. The van der Waals surface area contributed by atoms with E-state index in [1.165, 1.54) is 13.0 Å². The summed E-state index contributed by atoms with van der Waals surface area (Å²) in [5, 5.41) is 13.9. The highest BCUT2D eigenvalue weighted by atomic mass is 32.1. The van der Waals surface area contributed by atoms with Gasteiger partial charge < -0.3 is 4.74 Å². The van der Waals surface area contributed by atoms with Gasteiger partial charge in [0.1, 0.15) is 0 Å². The summed E-state index contributed by atoms with van der Waals surface area (Å²) in [5.74, 6) is -1.70. The van der Waals surface area contributed by atoms with Gasteiger partial charge in [0.2, 0.25) is 0 Å². The molecule has 1 aromatic heterocycles. The van der Waals surface area contributed by atoms with E-state index in [0.29, 0.717) is 16.1 Å². The predicted molar refractivity (Wildman–Crippen MR) is 115 cm³/mol. The van der Waals surface area contributed by atoms with Crippen LogP contribution in [0.3, 0.4) is 0 Å². The Morgan fingerprint density at radius 2 is 1.81 bits per heavy atom. The number of esters is 1. The topological polar surface area (TPSA) is 129 Å². The lowest BCUT2D eigenvalue weighted by Crippen LogP contribution is -2.14. The molecule has 0 bridgehead atoms. The van der Waals surface area contributed by atoms with Crippen LogP contribution < -0.4 is 5.32 Å². The maximum atomic E-state index is 12.7. The molecule has 3 aromatic rings. The number of carbonyl (C=O) groups excluding carboxylic acids is 3. The summed E-state index contributed by atoms with van der Waals surface area (Å²) in [6, 6.07) is 12.3. The molecule has 0 aliphatic carbocycles. The highest BCUT2D eigenvalue weighted by Crippen LogP contribution is 2.32. The minimum Gasteiger partial charge on any atom is -0.462 e. The molecular formula is C21H17N3O6S. The molecule has 2 aromatic carbocycles. The Kier molecular flexibility index (Phi) is 6.51. The second-order valence-electron chi connectivity index (χ2n) is 6.32. The Balaban J connectivity index is 1.95. The zero-order valence-electron chi connectivity index (χ0n) is 16.6. The molecule has 1 N–H and O–H groups in total. The lowest BCUT2D eigenvalue weighted by atomic mass is 10.1. The van der Waals surface area contributed by atoms with Crippen LogP contribution in [0.15, 0.2) is 48.5 Å². The van der Waals surface area contributed by atoms with Crippen LogP contribution in [0.1, 0.15) is 44.2 Å². The molecule has 0 unspecified atom stereocenters. The van der Waals surface area contributed by atoms with E-state index in [9.17, 15) is 24.5 Å². The number of nitrogens with one attached hydrogen (secondary N) is 1. The molecular weight excluding hydrogens is 422 g/mol. The number of thiazole rings is 1. The largest absolute Gasteiger partial charge is 0.462 e. The molecule has 1 heterocycles. The molecule has 0 aliphatic heterocycles. The van der Waals surface area contributed by atoms with Crippen molar-refractivity contribution in [1.29, 1.82) is 0 Å². The SMILES string of the molecule is CCOC(=O)c1cc(C(=O)Nc2nc(-c3ccccc3)c(C(C)=O)s2)cc([N+](=O)[O-])c1. The van der Waals surface area contributed by atoms with Crippen LogP contribution in [-0.2, 0) is 4.74 Å². The maximum Gasteiger partial charge on any atom is 0.338 e. The third-order valence-electron chi connectivity index (χ3n) is 4.12. The smallest absolute Gasteiger partial charge is 0.338 e. The average molecular weight is 439 g/mol. The zero-order valence-corrected chi connectivity index (χ0v) is 17.4. The number of nitro benzene ring substituents is 1. The third-order valence-corrected chi connectivity index (χ3v) is 5.19. The van der Waals surface area contributed by atoms with Crippen LogP contribution in [0.25, 0.3) is 11.3 Å². The highest BCUT2D eigenvalue weighted by Gasteiger charge is 2.21. The van der Waals surface area contributed by atoms with E-state index >= 15 is 0 Å². The van der Waals surface area contributed by atoms with Crippen molar-refractivity contribution in [1.82, 2.24) is 4.98 Å². The first kappa shape index (κ1) is 21.8. The van der Waals surface area contributed by atoms with Crippen LogP contribution in [0.4, 0.5) is 10.8 Å². The number of benzene rings is 2. The van der Waals surface area contributed by atoms with Gasteiger partial charge in [0, 0.05) is 30.2 Å². The Labute approximate surface area is 180 Å². The number of anilines is 1. The van der Waals surface area contributed by atoms with E-state index in [1.54, 1.807) is 31.2 Å². The Bertz CT molecular complexity index is 1170. The summed E-state index contributed by atoms with van der Waals surface area (Å²) in [6.07, 6.45) is 0. The Morgan fingerprint density at radius 1 is 1.13 bits per heavy atom. The number of hydrogen-bond donors (Lipinski definition) is 1. The average Bonchev–Trinajstić information content (AvgIpc) is 3.18. The van der Waals surface area contributed by atoms with E-state index < -0.39 is 22.5 Å². The summed E-state index contributed by atoms with van der Waals surface area (Å²) < 4.78 is 4.87. The van der Waals surface area contributed by atoms with Gasteiger partial charge in [-0.2, -0.15) is 0 Å². The second kappa shape index (κ2) is 9.26. The van der Waals surface area contributed by atoms with Crippen molar-refractivity contribution in [2.45, 2.75) is 13.8 Å². The molecule has 0 saturated heterocycles. The van der Waals surface area contributed by atoms with Crippen molar-refractivity contribution in [3.8, 4) is 11.3 Å². The fourth-order valence-corrected chi connectivity index (χ4v) is 3.63. The van der Waals surface area contributed by atoms with Gasteiger partial charge in [-0.05, 0) is 13.0 Å². The van der Waals surface area contributed by atoms with Crippen LogP contribution >= 0.6 is 11.3 Å². The van der Waals surface area contributed by atoms with Gasteiger partial charge in [-0.3, -0.25) is 25.0 Å². The molecule has 31 heavy (non-hydrogen) atoms. The fourth-order valence-electron chi connectivity index (χ4n) is 2.75. The minimum absolute atomic E-state index is 0.0816. The van der Waals surface area contributed by atoms with Gasteiger partial charge in [-0.15, -0.1) is 0 Å². The molecule has 0 radical (unpaired) electrons. The van der Waals surface area contributed by atoms with Gasteiger partial charge in [-0.1, -0.05) is 41.7 Å². The monoisotopic (exact) mass is 439 g/mol. The van der Waals surface area contributed by atoms with E-state index in [0.717, 1.165) is 23.5 Å². The van der Waals surface area contributed by atoms with Crippen molar-refractivity contribution < 1.29 is 24.0 Å². The predicted octanol–water partition coefficient (Wildman–Crippen LogP) is 4.35. The molecule has 1 amide bonds. The number of nitro groups is 1. The number of Topliss-reactive ketones (excluding diaryl/α,β-unsaturated/α-hetero) is 1. The first-order valence-electron chi connectivity index (χ1n) is 9.15. The maximum absolute atomic E-state index is 12.7. The number of aromatic nitrogens is 1. The van der Waals surface area contributed by atoms with Crippen LogP contribution in [0.5, 0.6) is 0 Å². The van der Waals surface area contributed by atoms with Crippen LogP contribution in [0.2, 0.25) is 0 Å². The summed E-state index contributed by atoms with van der Waals surface area (Å²) in [7, 11) is 0. The zero-order chi connectivity index (χ0) is 22.5. The summed E-state index contributed by atoms with van der Waals surface area (Å²) >= 11 is 0.996. The third kappa shape index (κ3) is 4.98. The Hall–Kier alpha value is -3.92. The molecule has 9 nitrogen and oxygen atoms in total. The van der Waals surface area contributed by atoms with Crippen LogP contribution in [-0.4, -0.2) is 34.2 Å². The molecule has 0 aliphatic rings. The molecule has 158 valence electrons. The van der Waals surface area contributed by atoms with E-state index in [4.69, 9.17) is 4.74 Å². The minimum atomic E-state index is -0.778. The van der Waals surface area contributed by atoms with Gasteiger partial charge in [0.25, 0.3) is 11.6 Å². The standard InChI is InChI=1S/C21H17N3O6S/c1-3-30-20(27)15-9-14(10-16(11-15)24(28)29)19(26)23-21-22-17(18(31-21)12(2)25)13-7-5-4-6-8-13/h4-11H,3H2,1-2H3,(H,22,23,26). The number of rotatable bonds is 7. The van der Waals surface area contributed by atoms with Gasteiger partial charge >= 0.3 is 5.97 Å². The fraction of sp³-hybridized carbons (Fsp3) is 0.143. The number of amides is 1. The Morgan fingerprint density at radius 3 is 2.42 bits per heavy atom. The van der Waals surface area contributed by atoms with Gasteiger partial charge in [-0.25, -0.2) is 9.78 Å². The summed E-state index contributed by atoms with van der Waals surface area (Å²) in [5.41, 5.74) is 0.487. The molecule has 10 heteroatoms. The summed E-state index contributed by atoms with van der Waals surface area (Å²) in [6.45, 7) is 3.08. The van der Waals surface area contributed by atoms with Gasteiger partial charge in [0.05, 0.1) is 27.7 Å². The molecule has 0 atom stereocenters. The van der Waals surface area contributed by atoms with Crippen molar-refractivity contribution in [3.63, 3.8) is 0 Å². The lowest BCUT2D eigenvalue weighted by molar-refractivity contribution is -0.384. The number of ketones is 1. The van der Waals surface area contributed by atoms with Crippen molar-refractivity contribution in [2.75, 3.05) is 11.9 Å².